The smallest absolute Gasteiger partial charge is 0.338 e. The van der Waals surface area contributed by atoms with Gasteiger partial charge < -0.3 is 10.1 Å². The van der Waals surface area contributed by atoms with Gasteiger partial charge in [-0.05, 0) is 47.9 Å². The molecule has 8 heteroatoms. The van der Waals surface area contributed by atoms with Crippen LogP contribution in [0.4, 0.5) is 11.4 Å². The Bertz CT molecular complexity index is 1380. The number of fused-ring (bicyclic) bond motifs is 1. The van der Waals surface area contributed by atoms with Crippen molar-refractivity contribution in [2.45, 2.75) is 19.4 Å². The highest BCUT2D eigenvalue weighted by molar-refractivity contribution is 6.24. The van der Waals surface area contributed by atoms with E-state index in [1.165, 1.54) is 6.33 Å². The second-order valence-corrected chi connectivity index (χ2v) is 8.07. The highest BCUT2D eigenvalue weighted by Gasteiger charge is 2.36. The number of anilines is 1. The Balaban J connectivity index is 1.51. The van der Waals surface area contributed by atoms with Gasteiger partial charge in [0.05, 0.1) is 30.1 Å². The molecule has 1 aromatic heterocycles. The average molecular weight is 466 g/mol. The van der Waals surface area contributed by atoms with Crippen LogP contribution in [0.1, 0.15) is 39.9 Å². The molecule has 1 N–H and O–H groups in total. The fraction of sp³-hybridized carbons (Fsp3) is 0.148. The van der Waals surface area contributed by atoms with Gasteiger partial charge in [0, 0.05) is 5.69 Å². The summed E-state index contributed by atoms with van der Waals surface area (Å²) < 4.78 is 6.84. The lowest BCUT2D eigenvalue weighted by Gasteiger charge is -2.14. The lowest BCUT2D eigenvalue weighted by atomic mass is 9.90. The molecule has 0 saturated carbocycles. The van der Waals surface area contributed by atoms with Gasteiger partial charge in [-0.2, -0.15) is 5.10 Å². The van der Waals surface area contributed by atoms with Crippen molar-refractivity contribution in [3.05, 3.63) is 108 Å². The zero-order chi connectivity index (χ0) is 24.2. The van der Waals surface area contributed by atoms with Gasteiger partial charge in [0.15, 0.2) is 0 Å². The number of aromatic nitrogens is 3. The lowest BCUT2D eigenvalue weighted by Crippen LogP contribution is -2.21. The van der Waals surface area contributed by atoms with E-state index >= 15 is 0 Å². The summed E-state index contributed by atoms with van der Waals surface area (Å²) in [7, 11) is 0. The molecule has 174 valence electrons. The largest absolute Gasteiger partial charge is 0.462 e. The van der Waals surface area contributed by atoms with Crippen LogP contribution in [0, 0.1) is 0 Å². The van der Waals surface area contributed by atoms with Gasteiger partial charge in [-0.25, -0.2) is 14.5 Å². The van der Waals surface area contributed by atoms with Gasteiger partial charge in [0.25, 0.3) is 0 Å². The maximum absolute atomic E-state index is 13.2. The summed E-state index contributed by atoms with van der Waals surface area (Å²) in [6.07, 6.45) is 3.17. The molecule has 0 saturated heterocycles. The summed E-state index contributed by atoms with van der Waals surface area (Å²) in [5.41, 5.74) is 5.04. The molecule has 0 spiro atoms. The van der Waals surface area contributed by atoms with Crippen LogP contribution in [0.15, 0.2) is 90.4 Å². The van der Waals surface area contributed by atoms with Gasteiger partial charge in [-0.15, -0.1) is 0 Å². The number of esters is 1. The first-order chi connectivity index (χ1) is 17.1. The highest BCUT2D eigenvalue weighted by atomic mass is 16.5. The van der Waals surface area contributed by atoms with Crippen LogP contribution in [0.3, 0.4) is 0 Å². The maximum Gasteiger partial charge on any atom is 0.338 e. The topological polar surface area (TPSA) is 98.5 Å². The molecule has 4 aromatic rings. The highest BCUT2D eigenvalue weighted by Crippen LogP contribution is 2.37. The molecule has 1 aliphatic heterocycles. The van der Waals surface area contributed by atoms with Crippen LogP contribution in [-0.2, 0) is 16.1 Å². The first-order valence-electron chi connectivity index (χ1n) is 11.3. The third-order valence-corrected chi connectivity index (χ3v) is 5.74. The standard InChI is InChI=1S/C27H23N5O3/c1-2-35-27(34)20-10-13-22-23(14-20)31-26(33)24(22)25(19-6-4-3-5-7-19)30-21-11-8-18(9-12-21)15-32-17-28-16-29-32/h3-14,16-17,24H,2,15H2,1H3,(H,31,33). The van der Waals surface area contributed by atoms with E-state index in [9.17, 15) is 9.59 Å². The quantitative estimate of drug-likeness (QED) is 0.323. The van der Waals surface area contributed by atoms with Gasteiger partial charge in [0.1, 0.15) is 18.6 Å². The molecule has 2 heterocycles. The fourth-order valence-corrected chi connectivity index (χ4v) is 4.10. The average Bonchev–Trinajstić information content (AvgIpc) is 3.50. The number of hydrogen-bond acceptors (Lipinski definition) is 6. The molecule has 5 rings (SSSR count). The molecule has 0 aliphatic carbocycles. The zero-order valence-corrected chi connectivity index (χ0v) is 19.1. The number of rotatable bonds is 7. The van der Waals surface area contributed by atoms with Crippen molar-refractivity contribution in [3.8, 4) is 0 Å². The van der Waals surface area contributed by atoms with E-state index in [0.29, 0.717) is 23.5 Å². The number of amides is 1. The molecule has 0 radical (unpaired) electrons. The molecular weight excluding hydrogens is 442 g/mol. The summed E-state index contributed by atoms with van der Waals surface area (Å²) in [6, 6.07) is 22.6. The van der Waals surface area contributed by atoms with Crippen molar-refractivity contribution >= 4 is 29.0 Å². The minimum Gasteiger partial charge on any atom is -0.462 e. The van der Waals surface area contributed by atoms with Gasteiger partial charge in [-0.3, -0.25) is 9.79 Å². The Morgan fingerprint density at radius 2 is 1.86 bits per heavy atom. The van der Waals surface area contributed by atoms with E-state index in [1.54, 1.807) is 36.1 Å². The number of hydrogen-bond donors (Lipinski definition) is 1. The van der Waals surface area contributed by atoms with Crippen molar-refractivity contribution in [1.29, 1.82) is 0 Å². The Kier molecular flexibility index (Phi) is 6.17. The van der Waals surface area contributed by atoms with E-state index in [-0.39, 0.29) is 12.5 Å². The Morgan fingerprint density at radius 3 is 2.57 bits per heavy atom. The second kappa shape index (κ2) is 9.72. The minimum atomic E-state index is -0.613. The minimum absolute atomic E-state index is 0.189. The van der Waals surface area contributed by atoms with E-state index in [4.69, 9.17) is 9.73 Å². The molecule has 35 heavy (non-hydrogen) atoms. The predicted molar refractivity (Wildman–Crippen MR) is 132 cm³/mol. The van der Waals surface area contributed by atoms with Crippen LogP contribution < -0.4 is 5.32 Å². The predicted octanol–water partition coefficient (Wildman–Crippen LogP) is 4.36. The summed E-state index contributed by atoms with van der Waals surface area (Å²) >= 11 is 0. The van der Waals surface area contributed by atoms with Crippen LogP contribution in [-0.4, -0.2) is 39.0 Å². The molecule has 8 nitrogen and oxygen atoms in total. The summed E-state index contributed by atoms with van der Waals surface area (Å²) in [5, 5.41) is 7.05. The van der Waals surface area contributed by atoms with E-state index in [1.807, 2.05) is 54.6 Å². The maximum atomic E-state index is 13.2. The van der Waals surface area contributed by atoms with E-state index in [0.717, 1.165) is 22.4 Å². The van der Waals surface area contributed by atoms with Crippen LogP contribution in [0.5, 0.6) is 0 Å². The third-order valence-electron chi connectivity index (χ3n) is 5.74. The molecule has 0 bridgehead atoms. The van der Waals surface area contributed by atoms with Crippen LogP contribution in [0.25, 0.3) is 0 Å². The number of carbonyl (C=O) groups is 2. The normalized spacial score (nSPS) is 14.9. The first kappa shape index (κ1) is 22.2. The number of nitrogens with one attached hydrogen (secondary N) is 1. The molecule has 0 fully saturated rings. The Morgan fingerprint density at radius 1 is 1.06 bits per heavy atom. The summed E-state index contributed by atoms with van der Waals surface area (Å²) in [5.74, 6) is -1.22. The number of benzene rings is 3. The van der Waals surface area contributed by atoms with Gasteiger partial charge in [-0.1, -0.05) is 48.5 Å². The van der Waals surface area contributed by atoms with Crippen molar-refractivity contribution < 1.29 is 14.3 Å². The molecule has 1 aliphatic rings. The van der Waals surface area contributed by atoms with E-state index < -0.39 is 11.9 Å². The molecule has 1 unspecified atom stereocenters. The number of carbonyl (C=O) groups excluding carboxylic acids is 2. The van der Waals surface area contributed by atoms with Gasteiger partial charge >= 0.3 is 5.97 Å². The summed E-state index contributed by atoms with van der Waals surface area (Å²) in [6.45, 7) is 2.65. The van der Waals surface area contributed by atoms with Crippen molar-refractivity contribution in [2.75, 3.05) is 11.9 Å². The zero-order valence-electron chi connectivity index (χ0n) is 19.1. The molecule has 3 aromatic carbocycles. The second-order valence-electron chi connectivity index (χ2n) is 8.07. The molecular formula is C27H23N5O3. The van der Waals surface area contributed by atoms with Crippen molar-refractivity contribution in [3.63, 3.8) is 0 Å². The van der Waals surface area contributed by atoms with E-state index in [2.05, 4.69) is 15.4 Å². The summed E-state index contributed by atoms with van der Waals surface area (Å²) in [4.78, 5) is 34.2. The van der Waals surface area contributed by atoms with Crippen molar-refractivity contribution in [2.24, 2.45) is 4.99 Å². The lowest BCUT2D eigenvalue weighted by molar-refractivity contribution is -0.115. The van der Waals surface area contributed by atoms with Crippen LogP contribution in [0.2, 0.25) is 0 Å². The SMILES string of the molecule is CCOC(=O)c1ccc2c(c1)NC(=O)C2C(=Nc1ccc(Cn2cncn2)cc1)c1ccccc1. The third kappa shape index (κ3) is 4.72. The molecule has 1 atom stereocenters. The monoisotopic (exact) mass is 465 g/mol. The fourth-order valence-electron chi connectivity index (χ4n) is 4.10. The first-order valence-corrected chi connectivity index (χ1v) is 11.3. The van der Waals surface area contributed by atoms with Crippen molar-refractivity contribution in [1.82, 2.24) is 14.8 Å². The number of aliphatic imine (C=N–C) groups is 1. The van der Waals surface area contributed by atoms with Gasteiger partial charge in [0.2, 0.25) is 5.91 Å². The van der Waals surface area contributed by atoms with Crippen LogP contribution >= 0.6 is 0 Å². The number of ether oxygens (including phenoxy) is 1. The number of nitrogens with zero attached hydrogens (tertiary/aromatic N) is 4. The Labute approximate surface area is 202 Å². The molecule has 1 amide bonds. The Hall–Kier alpha value is -4.59.